The van der Waals surface area contributed by atoms with E-state index in [0.717, 1.165) is 38.4 Å². The second-order valence-corrected chi connectivity index (χ2v) is 6.10. The SMILES string of the molecule is CCCC(C)C(=O)N(CC1CCNCC1)C1CC1. The van der Waals surface area contributed by atoms with Gasteiger partial charge in [0.2, 0.25) is 5.91 Å². The molecule has 1 atom stereocenters. The summed E-state index contributed by atoms with van der Waals surface area (Å²) in [4.78, 5) is 14.7. The first kappa shape index (κ1) is 13.9. The van der Waals surface area contributed by atoms with Crippen molar-refractivity contribution < 1.29 is 4.79 Å². The fraction of sp³-hybridized carbons (Fsp3) is 0.933. The standard InChI is InChI=1S/C15H28N2O/c1-3-4-12(2)15(18)17(14-5-6-14)11-13-7-9-16-10-8-13/h12-14,16H,3-11H2,1-2H3. The van der Waals surface area contributed by atoms with Gasteiger partial charge in [0.15, 0.2) is 0 Å². The lowest BCUT2D eigenvalue weighted by atomic mass is 9.96. The molecule has 2 aliphatic rings. The Balaban J connectivity index is 1.88. The van der Waals surface area contributed by atoms with Gasteiger partial charge in [-0.25, -0.2) is 0 Å². The molecule has 104 valence electrons. The number of hydrogen-bond acceptors (Lipinski definition) is 2. The average Bonchev–Trinajstić information content (AvgIpc) is 3.21. The van der Waals surface area contributed by atoms with Gasteiger partial charge in [0, 0.05) is 18.5 Å². The van der Waals surface area contributed by atoms with Gasteiger partial charge < -0.3 is 10.2 Å². The lowest BCUT2D eigenvalue weighted by molar-refractivity contribution is -0.136. The van der Waals surface area contributed by atoms with E-state index >= 15 is 0 Å². The number of nitrogens with zero attached hydrogens (tertiary/aromatic N) is 1. The molecule has 1 unspecified atom stereocenters. The van der Waals surface area contributed by atoms with E-state index in [4.69, 9.17) is 0 Å². The van der Waals surface area contributed by atoms with Crippen LogP contribution in [0.25, 0.3) is 0 Å². The third-order valence-corrected chi connectivity index (χ3v) is 4.33. The van der Waals surface area contributed by atoms with Crippen molar-refractivity contribution in [3.63, 3.8) is 0 Å². The number of carbonyl (C=O) groups excluding carboxylic acids is 1. The molecule has 1 aliphatic carbocycles. The van der Waals surface area contributed by atoms with Crippen molar-refractivity contribution in [2.45, 2.75) is 58.4 Å². The van der Waals surface area contributed by atoms with Crippen LogP contribution in [0.5, 0.6) is 0 Å². The van der Waals surface area contributed by atoms with Gasteiger partial charge >= 0.3 is 0 Å². The number of piperidine rings is 1. The van der Waals surface area contributed by atoms with Crippen LogP contribution < -0.4 is 5.32 Å². The molecule has 0 aromatic rings. The number of amides is 1. The Hall–Kier alpha value is -0.570. The van der Waals surface area contributed by atoms with Crippen LogP contribution in [0.15, 0.2) is 0 Å². The summed E-state index contributed by atoms with van der Waals surface area (Å²) >= 11 is 0. The van der Waals surface area contributed by atoms with Crippen molar-refractivity contribution in [1.82, 2.24) is 10.2 Å². The molecule has 0 spiro atoms. The maximum atomic E-state index is 12.5. The van der Waals surface area contributed by atoms with Crippen LogP contribution in [0.3, 0.4) is 0 Å². The van der Waals surface area contributed by atoms with E-state index in [1.165, 1.54) is 25.7 Å². The average molecular weight is 252 g/mol. The highest BCUT2D eigenvalue weighted by Gasteiger charge is 2.35. The quantitative estimate of drug-likeness (QED) is 0.787. The summed E-state index contributed by atoms with van der Waals surface area (Å²) < 4.78 is 0. The van der Waals surface area contributed by atoms with Crippen molar-refractivity contribution in [2.75, 3.05) is 19.6 Å². The lowest BCUT2D eigenvalue weighted by Gasteiger charge is -2.32. The molecular formula is C15H28N2O. The molecule has 0 aromatic carbocycles. The van der Waals surface area contributed by atoms with Crippen LogP contribution in [0.1, 0.15) is 52.4 Å². The maximum absolute atomic E-state index is 12.5. The Morgan fingerprint density at radius 2 is 1.94 bits per heavy atom. The van der Waals surface area contributed by atoms with Crippen LogP contribution in [-0.2, 0) is 4.79 Å². The summed E-state index contributed by atoms with van der Waals surface area (Å²) in [6, 6.07) is 0.576. The summed E-state index contributed by atoms with van der Waals surface area (Å²) in [5, 5.41) is 3.40. The molecule has 1 N–H and O–H groups in total. The Morgan fingerprint density at radius 1 is 1.28 bits per heavy atom. The molecule has 2 rings (SSSR count). The van der Waals surface area contributed by atoms with Crippen molar-refractivity contribution in [1.29, 1.82) is 0 Å². The minimum absolute atomic E-state index is 0.220. The Morgan fingerprint density at radius 3 is 2.50 bits per heavy atom. The van der Waals surface area contributed by atoms with Gasteiger partial charge in [-0.15, -0.1) is 0 Å². The molecule has 1 saturated heterocycles. The summed E-state index contributed by atoms with van der Waals surface area (Å²) in [7, 11) is 0. The predicted molar refractivity (Wildman–Crippen MR) is 74.4 cm³/mol. The minimum atomic E-state index is 0.220. The summed E-state index contributed by atoms with van der Waals surface area (Å²) in [5.74, 6) is 1.36. The monoisotopic (exact) mass is 252 g/mol. The van der Waals surface area contributed by atoms with Gasteiger partial charge in [-0.05, 0) is 51.1 Å². The first-order chi connectivity index (χ1) is 8.72. The predicted octanol–water partition coefficient (Wildman–Crippen LogP) is 2.41. The maximum Gasteiger partial charge on any atom is 0.225 e. The first-order valence-corrected chi connectivity index (χ1v) is 7.73. The Labute approximate surface area is 111 Å². The Bertz CT molecular complexity index is 270. The van der Waals surface area contributed by atoms with E-state index in [-0.39, 0.29) is 5.92 Å². The Kier molecular flexibility index (Phi) is 5.04. The first-order valence-electron chi connectivity index (χ1n) is 7.73. The molecule has 0 aromatic heterocycles. The molecule has 18 heavy (non-hydrogen) atoms. The van der Waals surface area contributed by atoms with Gasteiger partial charge in [-0.3, -0.25) is 4.79 Å². The van der Waals surface area contributed by atoms with Crippen LogP contribution in [0.2, 0.25) is 0 Å². The summed E-state index contributed by atoms with van der Waals surface area (Å²) in [5.41, 5.74) is 0. The molecule has 1 aliphatic heterocycles. The number of hydrogen-bond donors (Lipinski definition) is 1. The van der Waals surface area contributed by atoms with Gasteiger partial charge in [0.1, 0.15) is 0 Å². The number of nitrogens with one attached hydrogen (secondary N) is 1. The summed E-state index contributed by atoms with van der Waals surface area (Å²) in [6.07, 6.45) is 7.08. The van der Waals surface area contributed by atoms with E-state index in [1.54, 1.807) is 0 Å². The van der Waals surface area contributed by atoms with E-state index in [9.17, 15) is 4.79 Å². The fourth-order valence-corrected chi connectivity index (χ4v) is 2.99. The van der Waals surface area contributed by atoms with Gasteiger partial charge in [-0.2, -0.15) is 0 Å². The van der Waals surface area contributed by atoms with Crippen LogP contribution in [0.4, 0.5) is 0 Å². The molecule has 1 heterocycles. The molecule has 2 fully saturated rings. The molecule has 1 amide bonds. The fourth-order valence-electron chi connectivity index (χ4n) is 2.99. The molecule has 3 nitrogen and oxygen atoms in total. The zero-order valence-corrected chi connectivity index (χ0v) is 12.0. The molecule has 0 radical (unpaired) electrons. The molecule has 0 bridgehead atoms. The van der Waals surface area contributed by atoms with Crippen LogP contribution in [-0.4, -0.2) is 36.5 Å². The zero-order valence-electron chi connectivity index (χ0n) is 12.0. The number of rotatable bonds is 6. The zero-order chi connectivity index (χ0) is 13.0. The van der Waals surface area contributed by atoms with E-state index in [0.29, 0.717) is 11.9 Å². The second kappa shape index (κ2) is 6.55. The molecule has 1 saturated carbocycles. The van der Waals surface area contributed by atoms with Crippen LogP contribution >= 0.6 is 0 Å². The van der Waals surface area contributed by atoms with E-state index in [1.807, 2.05) is 0 Å². The van der Waals surface area contributed by atoms with Crippen molar-refractivity contribution in [3.05, 3.63) is 0 Å². The van der Waals surface area contributed by atoms with Crippen molar-refractivity contribution >= 4 is 5.91 Å². The highest BCUT2D eigenvalue weighted by Crippen LogP contribution is 2.30. The topological polar surface area (TPSA) is 32.3 Å². The van der Waals surface area contributed by atoms with Gasteiger partial charge in [0.25, 0.3) is 0 Å². The minimum Gasteiger partial charge on any atom is -0.339 e. The largest absolute Gasteiger partial charge is 0.339 e. The highest BCUT2D eigenvalue weighted by molar-refractivity contribution is 5.79. The second-order valence-electron chi connectivity index (χ2n) is 6.10. The third kappa shape index (κ3) is 3.71. The normalized spacial score (nSPS) is 22.8. The lowest BCUT2D eigenvalue weighted by Crippen LogP contribution is -2.42. The van der Waals surface area contributed by atoms with E-state index in [2.05, 4.69) is 24.1 Å². The third-order valence-electron chi connectivity index (χ3n) is 4.33. The molecule has 3 heteroatoms. The van der Waals surface area contributed by atoms with Gasteiger partial charge in [0.05, 0.1) is 0 Å². The van der Waals surface area contributed by atoms with E-state index < -0.39 is 0 Å². The summed E-state index contributed by atoms with van der Waals surface area (Å²) in [6.45, 7) is 7.53. The highest BCUT2D eigenvalue weighted by atomic mass is 16.2. The van der Waals surface area contributed by atoms with Gasteiger partial charge in [-0.1, -0.05) is 20.3 Å². The number of carbonyl (C=O) groups is 1. The molecular weight excluding hydrogens is 224 g/mol. The van der Waals surface area contributed by atoms with Crippen LogP contribution in [0, 0.1) is 11.8 Å². The van der Waals surface area contributed by atoms with Crippen molar-refractivity contribution in [3.8, 4) is 0 Å². The smallest absolute Gasteiger partial charge is 0.225 e. The van der Waals surface area contributed by atoms with Crippen molar-refractivity contribution in [2.24, 2.45) is 11.8 Å².